The van der Waals surface area contributed by atoms with Gasteiger partial charge < -0.3 is 14.7 Å². The highest BCUT2D eigenvalue weighted by Crippen LogP contribution is 2.44. The molecular formula is C27H21BrN2O5. The lowest BCUT2D eigenvalue weighted by atomic mass is 9.98. The summed E-state index contributed by atoms with van der Waals surface area (Å²) in [6.45, 7) is -0.550. The summed E-state index contributed by atoms with van der Waals surface area (Å²) in [6, 6.07) is 20.7. The van der Waals surface area contributed by atoms with Gasteiger partial charge in [0.1, 0.15) is 13.2 Å². The molecule has 0 aromatic heterocycles. The molecule has 0 spiro atoms. The Bertz CT molecular complexity index is 1300. The molecule has 0 unspecified atom stereocenters. The summed E-state index contributed by atoms with van der Waals surface area (Å²) in [6.07, 6.45) is 4.60. The predicted molar refractivity (Wildman–Crippen MR) is 135 cm³/mol. The highest BCUT2D eigenvalue weighted by atomic mass is 79.9. The molecule has 2 amide bonds. The number of hydrogen-bond acceptors (Lipinski definition) is 4. The van der Waals surface area contributed by atoms with E-state index in [0.29, 0.717) is 10.2 Å². The van der Waals surface area contributed by atoms with Crippen molar-refractivity contribution in [1.29, 1.82) is 0 Å². The van der Waals surface area contributed by atoms with Crippen molar-refractivity contribution in [3.8, 4) is 23.5 Å². The largest absolute Gasteiger partial charge is 0.480 e. The van der Waals surface area contributed by atoms with E-state index in [0.717, 1.165) is 27.2 Å². The van der Waals surface area contributed by atoms with Crippen molar-refractivity contribution in [2.75, 3.05) is 25.0 Å². The first-order valence-corrected chi connectivity index (χ1v) is 11.5. The van der Waals surface area contributed by atoms with Crippen LogP contribution in [0.5, 0.6) is 0 Å². The van der Waals surface area contributed by atoms with Crippen molar-refractivity contribution in [3.63, 3.8) is 0 Å². The number of benzene rings is 3. The van der Waals surface area contributed by atoms with E-state index < -0.39 is 24.5 Å². The monoisotopic (exact) mass is 532 g/mol. The zero-order chi connectivity index (χ0) is 24.9. The number of rotatable bonds is 7. The zero-order valence-corrected chi connectivity index (χ0v) is 20.1. The predicted octanol–water partition coefficient (Wildman–Crippen LogP) is 4.97. The standard InChI is InChI=1S/C27H21BrN2O5/c1-2-11-30(15-25(31)32)26(33)17-12-18(28)14-19(13-17)29-27(34)35-16-24-22-9-5-3-7-20(22)21-8-4-6-10-23(21)24/h1,3-10,12-14,24H,11,15-16H2,(H,29,34)(H,31,32). The fourth-order valence-electron chi connectivity index (χ4n) is 4.19. The Balaban J connectivity index is 1.47. The first-order valence-electron chi connectivity index (χ1n) is 10.7. The van der Waals surface area contributed by atoms with Gasteiger partial charge in [-0.3, -0.25) is 14.9 Å². The maximum atomic E-state index is 12.8. The van der Waals surface area contributed by atoms with Crippen LogP contribution in [0.1, 0.15) is 27.4 Å². The molecule has 0 atom stereocenters. The van der Waals surface area contributed by atoms with E-state index in [1.54, 1.807) is 6.07 Å². The first-order chi connectivity index (χ1) is 16.9. The number of aliphatic carboxylic acids is 1. The maximum absolute atomic E-state index is 12.8. The molecule has 35 heavy (non-hydrogen) atoms. The second-order valence-corrected chi connectivity index (χ2v) is 8.85. The van der Waals surface area contributed by atoms with Crippen LogP contribution in [0.25, 0.3) is 11.1 Å². The van der Waals surface area contributed by atoms with Gasteiger partial charge in [-0.2, -0.15) is 0 Å². The number of carbonyl (C=O) groups is 3. The Morgan fingerprint density at radius 2 is 1.66 bits per heavy atom. The molecular weight excluding hydrogens is 512 g/mol. The van der Waals surface area contributed by atoms with Crippen LogP contribution in [0.2, 0.25) is 0 Å². The van der Waals surface area contributed by atoms with E-state index >= 15 is 0 Å². The molecule has 3 aromatic rings. The van der Waals surface area contributed by atoms with E-state index in [-0.39, 0.29) is 24.6 Å². The number of hydrogen-bond donors (Lipinski definition) is 2. The van der Waals surface area contributed by atoms with Gasteiger partial charge in [-0.15, -0.1) is 6.42 Å². The smallest absolute Gasteiger partial charge is 0.411 e. The lowest BCUT2D eigenvalue weighted by Crippen LogP contribution is -2.36. The molecule has 0 saturated carbocycles. The summed E-state index contributed by atoms with van der Waals surface area (Å²) in [7, 11) is 0. The molecule has 1 aliphatic carbocycles. The van der Waals surface area contributed by atoms with Gasteiger partial charge in [-0.25, -0.2) is 4.79 Å². The molecule has 0 aliphatic heterocycles. The number of anilines is 1. The SMILES string of the molecule is C#CCN(CC(=O)O)C(=O)c1cc(Br)cc(NC(=O)OCC2c3ccccc3-c3ccccc32)c1. The molecule has 2 N–H and O–H groups in total. The molecule has 4 rings (SSSR count). The fourth-order valence-corrected chi connectivity index (χ4v) is 4.69. The van der Waals surface area contributed by atoms with Crippen molar-refractivity contribution in [3.05, 3.63) is 87.9 Å². The molecule has 8 heteroatoms. The van der Waals surface area contributed by atoms with Gasteiger partial charge in [0.2, 0.25) is 0 Å². The lowest BCUT2D eigenvalue weighted by molar-refractivity contribution is -0.137. The highest BCUT2D eigenvalue weighted by Gasteiger charge is 2.29. The van der Waals surface area contributed by atoms with Crippen LogP contribution in [0.4, 0.5) is 10.5 Å². The van der Waals surface area contributed by atoms with Gasteiger partial charge in [0.25, 0.3) is 5.91 Å². The topological polar surface area (TPSA) is 95.9 Å². The summed E-state index contributed by atoms with van der Waals surface area (Å²) in [5, 5.41) is 11.7. The van der Waals surface area contributed by atoms with E-state index in [9.17, 15) is 14.4 Å². The Morgan fingerprint density at radius 3 is 2.26 bits per heavy atom. The molecule has 0 saturated heterocycles. The summed E-state index contributed by atoms with van der Waals surface area (Å²) in [4.78, 5) is 37.5. The fraction of sp³-hybridized carbons (Fsp3) is 0.148. The van der Waals surface area contributed by atoms with Gasteiger partial charge in [0.15, 0.2) is 0 Å². The van der Waals surface area contributed by atoms with E-state index in [1.165, 1.54) is 12.1 Å². The molecule has 3 aromatic carbocycles. The quantitative estimate of drug-likeness (QED) is 0.419. The van der Waals surface area contributed by atoms with Gasteiger partial charge in [-0.05, 0) is 40.5 Å². The molecule has 0 heterocycles. The van der Waals surface area contributed by atoms with Gasteiger partial charge in [0.05, 0.1) is 6.54 Å². The van der Waals surface area contributed by atoms with Crippen molar-refractivity contribution in [2.45, 2.75) is 5.92 Å². The number of nitrogens with one attached hydrogen (secondary N) is 1. The molecule has 0 bridgehead atoms. The average Bonchev–Trinajstić information content (AvgIpc) is 3.15. The summed E-state index contributed by atoms with van der Waals surface area (Å²) < 4.78 is 6.08. The molecule has 0 radical (unpaired) electrons. The molecule has 7 nitrogen and oxygen atoms in total. The zero-order valence-electron chi connectivity index (χ0n) is 18.5. The number of amides is 2. The van der Waals surface area contributed by atoms with Gasteiger partial charge in [-0.1, -0.05) is 70.4 Å². The molecule has 1 aliphatic rings. The van der Waals surface area contributed by atoms with Crippen molar-refractivity contribution >= 4 is 39.6 Å². The Kier molecular flexibility index (Phi) is 7.18. The number of terminal acetylenes is 1. The van der Waals surface area contributed by atoms with Crippen molar-refractivity contribution in [2.24, 2.45) is 0 Å². The van der Waals surface area contributed by atoms with Crippen LogP contribution in [0.15, 0.2) is 71.2 Å². The Labute approximate surface area is 210 Å². The van der Waals surface area contributed by atoms with Crippen LogP contribution in [0, 0.1) is 12.3 Å². The molecule has 176 valence electrons. The third kappa shape index (κ3) is 5.36. The third-order valence-electron chi connectivity index (χ3n) is 5.63. The number of carboxylic acid groups (broad SMARTS) is 1. The minimum atomic E-state index is -1.18. The Hall–Kier alpha value is -4.09. The second-order valence-electron chi connectivity index (χ2n) is 7.94. The number of carboxylic acids is 1. The number of ether oxygens (including phenoxy) is 1. The molecule has 0 fully saturated rings. The van der Waals surface area contributed by atoms with Crippen LogP contribution in [-0.2, 0) is 9.53 Å². The highest BCUT2D eigenvalue weighted by molar-refractivity contribution is 9.10. The van der Waals surface area contributed by atoms with Crippen LogP contribution >= 0.6 is 15.9 Å². The van der Waals surface area contributed by atoms with E-state index in [4.69, 9.17) is 16.3 Å². The van der Waals surface area contributed by atoms with Crippen LogP contribution in [-0.4, -0.2) is 47.7 Å². The summed E-state index contributed by atoms with van der Waals surface area (Å²) >= 11 is 3.32. The minimum absolute atomic E-state index is 0.0823. The van der Waals surface area contributed by atoms with Crippen molar-refractivity contribution < 1.29 is 24.2 Å². The second kappa shape index (κ2) is 10.5. The maximum Gasteiger partial charge on any atom is 0.411 e. The normalized spacial score (nSPS) is 11.7. The van der Waals surface area contributed by atoms with E-state index in [1.807, 2.05) is 36.4 Å². The van der Waals surface area contributed by atoms with Crippen LogP contribution in [0.3, 0.4) is 0 Å². The van der Waals surface area contributed by atoms with Crippen LogP contribution < -0.4 is 5.32 Å². The van der Waals surface area contributed by atoms with Crippen molar-refractivity contribution in [1.82, 2.24) is 4.90 Å². The number of carbonyl (C=O) groups excluding carboxylic acids is 2. The van der Waals surface area contributed by atoms with Gasteiger partial charge in [0, 0.05) is 21.6 Å². The number of nitrogens with zero attached hydrogens (tertiary/aromatic N) is 1. The number of fused-ring (bicyclic) bond motifs is 3. The van der Waals surface area contributed by atoms with Gasteiger partial charge >= 0.3 is 12.1 Å². The number of halogens is 1. The average molecular weight is 533 g/mol. The third-order valence-corrected chi connectivity index (χ3v) is 6.09. The Morgan fingerprint density at radius 1 is 1.03 bits per heavy atom. The minimum Gasteiger partial charge on any atom is -0.480 e. The summed E-state index contributed by atoms with van der Waals surface area (Å²) in [5.41, 5.74) is 4.95. The van der Waals surface area contributed by atoms with E-state index in [2.05, 4.69) is 39.3 Å². The summed E-state index contributed by atoms with van der Waals surface area (Å²) in [5.74, 6) is 0.454. The first kappa shape index (κ1) is 24.0. The lowest BCUT2D eigenvalue weighted by Gasteiger charge is -2.19.